The van der Waals surface area contributed by atoms with Crippen molar-refractivity contribution in [2.75, 3.05) is 25.5 Å². The van der Waals surface area contributed by atoms with Crippen molar-refractivity contribution in [2.24, 2.45) is 0 Å². The van der Waals surface area contributed by atoms with E-state index in [1.165, 1.54) is 12.3 Å². The quantitative estimate of drug-likeness (QED) is 0.315. The molecule has 0 bridgehead atoms. The van der Waals surface area contributed by atoms with Crippen LogP contribution in [-0.4, -0.2) is 60.3 Å². The molecule has 24 heavy (non-hydrogen) atoms. The van der Waals surface area contributed by atoms with Gasteiger partial charge in [0, 0.05) is 6.20 Å². The van der Waals surface area contributed by atoms with Gasteiger partial charge in [-0.25, -0.2) is 11.4 Å². The fraction of sp³-hybridized carbons (Fsp3) is 0.583. The highest BCUT2D eigenvalue weighted by atomic mass is 31.2. The van der Waals surface area contributed by atoms with Crippen LogP contribution in [0.25, 0.3) is 4.85 Å². The Kier molecular flexibility index (Phi) is 4.87. The maximum Gasteiger partial charge on any atom is 0.488 e. The molecule has 2 unspecified atom stereocenters. The van der Waals surface area contributed by atoms with Crippen molar-refractivity contribution in [2.45, 2.75) is 24.5 Å². The molecule has 5 atom stereocenters. The highest BCUT2D eigenvalue weighted by Crippen LogP contribution is 2.62. The SMILES string of the molecule is [B][P+]1(OCC[N+]#[C-])OC[C@H]2O[C@@H](n3ccc(N)nc3=O)C(O)[C@@H]2O1. The molecule has 0 spiro atoms. The van der Waals surface area contributed by atoms with E-state index in [1.54, 1.807) is 0 Å². The Hall–Kier alpha value is -1.54. The summed E-state index contributed by atoms with van der Waals surface area (Å²) in [6.45, 7) is 6.94. The summed E-state index contributed by atoms with van der Waals surface area (Å²) < 4.78 is 23.1. The van der Waals surface area contributed by atoms with Gasteiger partial charge in [-0.2, -0.15) is 18.6 Å². The molecule has 3 heterocycles. The van der Waals surface area contributed by atoms with Crippen molar-refractivity contribution in [3.05, 3.63) is 34.2 Å². The fourth-order valence-electron chi connectivity index (χ4n) is 2.49. The highest BCUT2D eigenvalue weighted by molar-refractivity contribution is 7.85. The summed E-state index contributed by atoms with van der Waals surface area (Å²) >= 11 is 0. The van der Waals surface area contributed by atoms with E-state index in [-0.39, 0.29) is 25.6 Å². The first-order chi connectivity index (χ1) is 11.4. The van der Waals surface area contributed by atoms with Gasteiger partial charge in [0.05, 0.1) is 0 Å². The molecular formula is C12H15BN4O6P+. The number of ether oxygens (including phenoxy) is 1. The molecule has 10 nitrogen and oxygen atoms in total. The van der Waals surface area contributed by atoms with E-state index in [9.17, 15) is 9.90 Å². The lowest BCUT2D eigenvalue weighted by molar-refractivity contribution is -0.0652. The number of fused-ring (bicyclic) bond motifs is 1. The van der Waals surface area contributed by atoms with E-state index in [2.05, 4.69) is 9.83 Å². The Morgan fingerprint density at radius 2 is 2.46 bits per heavy atom. The van der Waals surface area contributed by atoms with Crippen LogP contribution >= 0.6 is 7.82 Å². The number of hydrogen-bond donors (Lipinski definition) is 2. The van der Waals surface area contributed by atoms with Gasteiger partial charge in [0.25, 0.3) is 0 Å². The van der Waals surface area contributed by atoms with Crippen LogP contribution in [-0.2, 0) is 18.3 Å². The lowest BCUT2D eigenvalue weighted by Crippen LogP contribution is -2.41. The van der Waals surface area contributed by atoms with Crippen LogP contribution in [0.5, 0.6) is 0 Å². The number of anilines is 1. The molecule has 0 saturated carbocycles. The first-order valence-corrected chi connectivity index (χ1v) is 8.71. The summed E-state index contributed by atoms with van der Waals surface area (Å²) in [5.41, 5.74) is 4.80. The normalized spacial score (nSPS) is 35.3. The van der Waals surface area contributed by atoms with Crippen LogP contribution in [0.4, 0.5) is 5.82 Å². The molecular weight excluding hydrogens is 338 g/mol. The molecule has 0 aromatic carbocycles. The first kappa shape index (κ1) is 17.3. The fourth-order valence-corrected chi connectivity index (χ4v) is 3.98. The number of hydrogen-bond acceptors (Lipinski definition) is 8. The molecule has 2 saturated heterocycles. The molecule has 0 aliphatic carbocycles. The van der Waals surface area contributed by atoms with Crippen molar-refractivity contribution in [3.8, 4) is 0 Å². The van der Waals surface area contributed by atoms with Gasteiger partial charge in [-0.05, 0) is 6.07 Å². The number of aromatic nitrogens is 2. The molecule has 3 N–H and O–H groups in total. The van der Waals surface area contributed by atoms with Crippen LogP contribution in [0.2, 0.25) is 0 Å². The molecule has 0 amide bonds. The van der Waals surface area contributed by atoms with Crippen LogP contribution < -0.4 is 11.4 Å². The highest BCUT2D eigenvalue weighted by Gasteiger charge is 2.58. The Bertz CT molecular complexity index is 714. The van der Waals surface area contributed by atoms with Crippen LogP contribution in [0.15, 0.2) is 17.1 Å². The van der Waals surface area contributed by atoms with Gasteiger partial charge < -0.3 is 20.4 Å². The second-order valence-corrected chi connectivity index (χ2v) is 7.03. The predicted octanol–water partition coefficient (Wildman–Crippen LogP) is -0.719. The van der Waals surface area contributed by atoms with E-state index in [1.807, 2.05) is 0 Å². The number of aliphatic hydroxyl groups is 1. The minimum absolute atomic E-state index is 0.0394. The third kappa shape index (κ3) is 3.30. The standard InChI is InChI=1S/C12H15BN4O6P/c1-15-3-5-20-24(13)21-6-7-10(23-24)9(18)11(22-7)17-4-2-8(14)16-12(17)19/h2,4,7,9-11,18H,3,5-6H2,(H2,14,16,19)/q+1/t7-,9?,10-,11-,24?/m1/s1. The summed E-state index contributed by atoms with van der Waals surface area (Å²) in [5, 5.41) is 10.5. The van der Waals surface area contributed by atoms with E-state index in [4.69, 9.17) is 38.2 Å². The van der Waals surface area contributed by atoms with Crippen molar-refractivity contribution in [1.82, 2.24) is 9.55 Å². The first-order valence-electron chi connectivity index (χ1n) is 7.10. The van der Waals surface area contributed by atoms with Gasteiger partial charge in [0.1, 0.15) is 24.6 Å². The summed E-state index contributed by atoms with van der Waals surface area (Å²) in [6, 6.07) is 1.42. The zero-order valence-electron chi connectivity index (χ0n) is 12.5. The zero-order valence-corrected chi connectivity index (χ0v) is 13.4. The average molecular weight is 353 g/mol. The van der Waals surface area contributed by atoms with Crippen LogP contribution in [0, 0.1) is 6.57 Å². The van der Waals surface area contributed by atoms with Crippen molar-refractivity contribution >= 4 is 21.2 Å². The number of nitrogens with zero attached hydrogens (tertiary/aromatic N) is 3. The number of aliphatic hydroxyl groups excluding tert-OH is 1. The molecule has 2 fully saturated rings. The van der Waals surface area contributed by atoms with Gasteiger partial charge in [0.15, 0.2) is 18.9 Å². The van der Waals surface area contributed by atoms with E-state index in [0.29, 0.717) is 0 Å². The van der Waals surface area contributed by atoms with Gasteiger partial charge in [0.2, 0.25) is 6.54 Å². The lowest BCUT2D eigenvalue weighted by atomic mass is 10.1. The Labute approximate surface area is 139 Å². The minimum Gasteiger partial charge on any atom is -0.385 e. The Balaban J connectivity index is 1.74. The van der Waals surface area contributed by atoms with Gasteiger partial charge in [-0.3, -0.25) is 4.57 Å². The zero-order chi connectivity index (χ0) is 17.3. The number of nitrogen functional groups attached to an aromatic ring is 1. The molecule has 2 aliphatic heterocycles. The predicted molar refractivity (Wildman–Crippen MR) is 83.7 cm³/mol. The van der Waals surface area contributed by atoms with Gasteiger partial charge >= 0.3 is 21.1 Å². The largest absolute Gasteiger partial charge is 0.488 e. The van der Waals surface area contributed by atoms with Crippen LogP contribution in [0.3, 0.4) is 0 Å². The molecule has 1 aromatic rings. The van der Waals surface area contributed by atoms with Gasteiger partial charge in [-0.1, -0.05) is 0 Å². The molecule has 3 rings (SSSR count). The summed E-state index contributed by atoms with van der Waals surface area (Å²) in [5.74, 6) is 0.0702. The topological polar surface area (TPSA) is 122 Å². The van der Waals surface area contributed by atoms with E-state index >= 15 is 0 Å². The third-order valence-electron chi connectivity index (χ3n) is 3.60. The monoisotopic (exact) mass is 353 g/mol. The lowest BCUT2D eigenvalue weighted by Gasteiger charge is -2.30. The van der Waals surface area contributed by atoms with Crippen molar-refractivity contribution in [1.29, 1.82) is 0 Å². The molecule has 12 heteroatoms. The van der Waals surface area contributed by atoms with Crippen LogP contribution in [0.1, 0.15) is 6.23 Å². The number of rotatable bonds is 4. The third-order valence-corrected chi connectivity index (χ3v) is 5.19. The summed E-state index contributed by atoms with van der Waals surface area (Å²) in [7, 11) is 2.78. The van der Waals surface area contributed by atoms with E-state index in [0.717, 1.165) is 4.57 Å². The Morgan fingerprint density at radius 3 is 3.17 bits per heavy atom. The summed E-state index contributed by atoms with van der Waals surface area (Å²) in [4.78, 5) is 18.7. The molecule has 126 valence electrons. The average Bonchev–Trinajstić information content (AvgIpc) is 2.84. The molecule has 1 aromatic heterocycles. The summed E-state index contributed by atoms with van der Waals surface area (Å²) in [6.07, 6.45) is -2.23. The second-order valence-electron chi connectivity index (χ2n) is 5.22. The maximum atomic E-state index is 11.9. The maximum absolute atomic E-state index is 11.9. The van der Waals surface area contributed by atoms with Crippen molar-refractivity contribution in [3.63, 3.8) is 0 Å². The second kappa shape index (κ2) is 6.76. The Morgan fingerprint density at radius 1 is 1.67 bits per heavy atom. The molecule has 2 radical (unpaired) electrons. The molecule has 2 aliphatic rings. The van der Waals surface area contributed by atoms with Crippen molar-refractivity contribution < 1.29 is 23.4 Å². The smallest absolute Gasteiger partial charge is 0.385 e. The minimum atomic E-state index is -3.14. The van der Waals surface area contributed by atoms with Gasteiger partial charge in [-0.15, -0.1) is 0 Å². The van der Waals surface area contributed by atoms with E-state index < -0.39 is 38.1 Å². The number of nitrogens with two attached hydrogens (primary N) is 1.